The van der Waals surface area contributed by atoms with Gasteiger partial charge in [-0.1, -0.05) is 0 Å². The number of H-pyrrole nitrogens is 1. The largest absolute Gasteiger partial charge is 0.486 e. The van der Waals surface area contributed by atoms with Crippen molar-refractivity contribution in [2.45, 2.75) is 33.5 Å². The van der Waals surface area contributed by atoms with Gasteiger partial charge in [-0.25, -0.2) is 14.4 Å². The Hall–Kier alpha value is -2.66. The number of aryl methyl sites for hydroxylation is 2. The van der Waals surface area contributed by atoms with Gasteiger partial charge in [-0.2, -0.15) is 0 Å². The highest BCUT2D eigenvalue weighted by molar-refractivity contribution is 7.18. The topological polar surface area (TPSA) is 74.4 Å². The Morgan fingerprint density at radius 2 is 1.76 bits per heavy atom. The predicted molar refractivity (Wildman–Crippen MR) is 133 cm³/mol. The number of nitrogens with one attached hydrogen (secondary N) is 1. The summed E-state index contributed by atoms with van der Waals surface area (Å²) in [6, 6.07) is 6.01. The fourth-order valence-electron chi connectivity index (χ4n) is 4.08. The molecule has 4 heterocycles. The van der Waals surface area contributed by atoms with E-state index in [0.29, 0.717) is 18.9 Å². The van der Waals surface area contributed by atoms with Gasteiger partial charge in [0.15, 0.2) is 0 Å². The van der Waals surface area contributed by atoms with Crippen LogP contribution in [0.4, 0.5) is 4.39 Å². The fourth-order valence-corrected chi connectivity index (χ4v) is 5.83. The summed E-state index contributed by atoms with van der Waals surface area (Å²) in [5.74, 6) is 1.09. The van der Waals surface area contributed by atoms with Gasteiger partial charge in [0.1, 0.15) is 33.8 Å². The van der Waals surface area contributed by atoms with Crippen LogP contribution < -0.4 is 10.3 Å². The fraction of sp³-hybridized carbons (Fsp3) is 0.375. The quantitative estimate of drug-likeness (QED) is 0.413. The lowest BCUT2D eigenvalue weighted by Crippen LogP contribution is -2.45. The average Bonchev–Trinajstić information content (AvgIpc) is 3.38. The number of benzene rings is 1. The summed E-state index contributed by atoms with van der Waals surface area (Å²) in [7, 11) is 0. The molecular weight excluding hydrogens is 473 g/mol. The number of ether oxygens (including phenoxy) is 1. The highest BCUT2D eigenvalue weighted by Gasteiger charge is 2.20. The minimum Gasteiger partial charge on any atom is -0.486 e. The third kappa shape index (κ3) is 5.20. The number of aromatic nitrogens is 3. The van der Waals surface area contributed by atoms with Crippen molar-refractivity contribution in [1.82, 2.24) is 24.8 Å². The number of rotatable bonds is 7. The van der Waals surface area contributed by atoms with Crippen molar-refractivity contribution in [3.8, 4) is 5.75 Å². The molecule has 5 rings (SSSR count). The van der Waals surface area contributed by atoms with Gasteiger partial charge < -0.3 is 9.72 Å². The molecule has 1 aliphatic rings. The molecule has 34 heavy (non-hydrogen) atoms. The van der Waals surface area contributed by atoms with Gasteiger partial charge in [0.2, 0.25) is 0 Å². The molecule has 178 valence electrons. The van der Waals surface area contributed by atoms with Crippen LogP contribution in [0.15, 0.2) is 34.4 Å². The lowest BCUT2D eigenvalue weighted by molar-refractivity contribution is 0.119. The third-order valence-corrected chi connectivity index (χ3v) is 8.06. The monoisotopic (exact) mass is 499 g/mol. The van der Waals surface area contributed by atoms with E-state index in [2.05, 4.69) is 25.1 Å². The van der Waals surface area contributed by atoms with E-state index in [0.717, 1.165) is 69.9 Å². The van der Waals surface area contributed by atoms with Gasteiger partial charge in [0, 0.05) is 43.0 Å². The Morgan fingerprint density at radius 1 is 1.06 bits per heavy atom. The number of nitrogens with zero attached hydrogens (tertiary/aromatic N) is 4. The molecule has 0 spiro atoms. The summed E-state index contributed by atoms with van der Waals surface area (Å²) in [5, 5.41) is 3.70. The van der Waals surface area contributed by atoms with Crippen LogP contribution in [0.25, 0.3) is 10.2 Å². The van der Waals surface area contributed by atoms with Crippen LogP contribution in [-0.4, -0.2) is 50.9 Å². The van der Waals surface area contributed by atoms with E-state index in [1.807, 2.05) is 13.8 Å². The highest BCUT2D eigenvalue weighted by Crippen LogP contribution is 2.26. The minimum atomic E-state index is -0.276. The Labute approximate surface area is 204 Å². The summed E-state index contributed by atoms with van der Waals surface area (Å²) in [6.07, 6.45) is 0. The molecule has 0 bridgehead atoms. The van der Waals surface area contributed by atoms with E-state index in [9.17, 15) is 9.18 Å². The van der Waals surface area contributed by atoms with Crippen LogP contribution in [-0.2, 0) is 19.7 Å². The van der Waals surface area contributed by atoms with Crippen LogP contribution in [0.2, 0.25) is 0 Å². The molecule has 1 aliphatic heterocycles. The number of halogens is 1. The van der Waals surface area contributed by atoms with Crippen molar-refractivity contribution >= 4 is 32.9 Å². The van der Waals surface area contributed by atoms with Gasteiger partial charge in [0.05, 0.1) is 17.6 Å². The maximum absolute atomic E-state index is 13.0. The molecule has 0 unspecified atom stereocenters. The van der Waals surface area contributed by atoms with E-state index < -0.39 is 0 Å². The molecule has 1 saturated heterocycles. The van der Waals surface area contributed by atoms with Crippen LogP contribution >= 0.6 is 22.7 Å². The van der Waals surface area contributed by atoms with Crippen molar-refractivity contribution in [3.05, 3.63) is 72.8 Å². The smallest absolute Gasteiger partial charge is 0.259 e. The van der Waals surface area contributed by atoms with Crippen molar-refractivity contribution in [3.63, 3.8) is 0 Å². The van der Waals surface area contributed by atoms with E-state index in [1.165, 1.54) is 12.1 Å². The zero-order valence-corrected chi connectivity index (χ0v) is 20.8. The van der Waals surface area contributed by atoms with E-state index in [1.54, 1.807) is 34.8 Å². The average molecular weight is 500 g/mol. The third-order valence-electron chi connectivity index (χ3n) is 6.09. The van der Waals surface area contributed by atoms with Crippen LogP contribution in [0.3, 0.4) is 0 Å². The second kappa shape index (κ2) is 9.91. The lowest BCUT2D eigenvalue weighted by atomic mass is 10.2. The first kappa shape index (κ1) is 23.1. The minimum absolute atomic E-state index is 0.0387. The van der Waals surface area contributed by atoms with Crippen LogP contribution in [0.1, 0.15) is 27.0 Å². The van der Waals surface area contributed by atoms with E-state index >= 15 is 0 Å². The first-order valence-corrected chi connectivity index (χ1v) is 12.9. The molecule has 1 N–H and O–H groups in total. The van der Waals surface area contributed by atoms with E-state index in [-0.39, 0.29) is 11.4 Å². The first-order valence-electron chi connectivity index (χ1n) is 11.2. The molecule has 3 aromatic heterocycles. The zero-order valence-electron chi connectivity index (χ0n) is 19.1. The van der Waals surface area contributed by atoms with Gasteiger partial charge in [-0.3, -0.25) is 14.6 Å². The van der Waals surface area contributed by atoms with Crippen molar-refractivity contribution in [2.75, 3.05) is 26.2 Å². The number of thiophene rings is 1. The molecule has 10 heteroatoms. The Morgan fingerprint density at radius 3 is 2.50 bits per heavy atom. The number of aromatic amines is 1. The highest BCUT2D eigenvalue weighted by atomic mass is 32.1. The number of thiazole rings is 1. The molecule has 1 fully saturated rings. The molecular formula is C24H26FN5O2S2. The van der Waals surface area contributed by atoms with Gasteiger partial charge in [-0.15, -0.1) is 22.7 Å². The molecule has 1 aromatic carbocycles. The Kier molecular flexibility index (Phi) is 6.73. The molecule has 7 nitrogen and oxygen atoms in total. The molecule has 0 atom stereocenters. The summed E-state index contributed by atoms with van der Waals surface area (Å²) >= 11 is 3.17. The second-order valence-corrected chi connectivity index (χ2v) is 10.6. The molecule has 0 saturated carbocycles. The van der Waals surface area contributed by atoms with Crippen LogP contribution in [0.5, 0.6) is 5.75 Å². The summed E-state index contributed by atoms with van der Waals surface area (Å²) in [4.78, 5) is 31.6. The number of fused-ring (bicyclic) bond motifs is 1. The van der Waals surface area contributed by atoms with Gasteiger partial charge >= 0.3 is 0 Å². The van der Waals surface area contributed by atoms with E-state index in [4.69, 9.17) is 9.72 Å². The summed E-state index contributed by atoms with van der Waals surface area (Å²) in [5.41, 5.74) is 2.03. The molecule has 0 radical (unpaired) electrons. The lowest BCUT2D eigenvalue weighted by Gasteiger charge is -2.33. The maximum Gasteiger partial charge on any atom is 0.259 e. The number of hydrogen-bond donors (Lipinski definition) is 1. The second-order valence-electron chi connectivity index (χ2n) is 8.50. The van der Waals surface area contributed by atoms with Gasteiger partial charge in [-0.05, 0) is 43.7 Å². The van der Waals surface area contributed by atoms with Crippen LogP contribution in [0, 0.1) is 19.7 Å². The van der Waals surface area contributed by atoms with Gasteiger partial charge in [0.25, 0.3) is 5.56 Å². The summed E-state index contributed by atoms with van der Waals surface area (Å²) in [6.45, 7) is 9.53. The zero-order chi connectivity index (χ0) is 23.7. The summed E-state index contributed by atoms with van der Waals surface area (Å²) < 4.78 is 18.7. The SMILES string of the molecule is Cc1sc2nc(CN3CCN(Cc4csc(COc5ccc(F)cc5)n4)CC3)[nH]c(=O)c2c1C. The first-order chi connectivity index (χ1) is 16.4. The maximum atomic E-state index is 13.0. The predicted octanol–water partition coefficient (Wildman–Crippen LogP) is 4.09. The number of hydrogen-bond acceptors (Lipinski definition) is 8. The normalized spacial score (nSPS) is 15.3. The molecule has 0 aliphatic carbocycles. The standard InChI is InChI=1S/C24H26FN5O2S2/c1-15-16(2)34-24-22(15)23(31)27-20(28-24)12-30-9-7-29(8-10-30)11-18-14-33-21(26-18)13-32-19-5-3-17(25)4-6-19/h3-6,14H,7-13H2,1-2H3,(H,27,28,31). The van der Waals surface area contributed by atoms with Crippen molar-refractivity contribution in [2.24, 2.45) is 0 Å². The van der Waals surface area contributed by atoms with Crippen molar-refractivity contribution in [1.29, 1.82) is 0 Å². The van der Waals surface area contributed by atoms with Crippen molar-refractivity contribution < 1.29 is 9.13 Å². The number of piperazine rings is 1. The Balaban J connectivity index is 1.12. The Bertz CT molecular complexity index is 1340. The molecule has 0 amide bonds. The molecule has 4 aromatic rings.